The van der Waals surface area contributed by atoms with E-state index >= 15 is 0 Å². The number of sulfonamides is 1. The Hall–Kier alpha value is -3.24. The van der Waals surface area contributed by atoms with Crippen molar-refractivity contribution in [3.05, 3.63) is 65.2 Å². The van der Waals surface area contributed by atoms with Gasteiger partial charge in [0.25, 0.3) is 0 Å². The van der Waals surface area contributed by atoms with Gasteiger partial charge >= 0.3 is 0 Å². The monoisotopic (exact) mass is 535 g/mol. The third-order valence-electron chi connectivity index (χ3n) is 7.80. The van der Waals surface area contributed by atoms with Gasteiger partial charge < -0.3 is 15.1 Å². The van der Waals surface area contributed by atoms with E-state index in [9.17, 15) is 8.42 Å². The SMILES string of the molecule is Cc1cccnc1N1CCc2c(ncnc2Nc2ccc3c(c2)N(CCS(=O)(=O)N(C)C)CCC3(C)C)C1. The number of hydrogen-bond donors (Lipinski definition) is 1. The second-order valence-electron chi connectivity index (χ2n) is 11.0. The van der Waals surface area contributed by atoms with E-state index in [1.165, 1.54) is 9.87 Å². The van der Waals surface area contributed by atoms with Gasteiger partial charge in [-0.1, -0.05) is 26.0 Å². The molecule has 3 aromatic rings. The van der Waals surface area contributed by atoms with Gasteiger partial charge in [-0.15, -0.1) is 0 Å². The van der Waals surface area contributed by atoms with E-state index in [-0.39, 0.29) is 11.2 Å². The molecule has 202 valence electrons. The number of pyridine rings is 1. The Labute approximate surface area is 226 Å². The molecule has 0 saturated heterocycles. The molecule has 4 heterocycles. The zero-order valence-corrected chi connectivity index (χ0v) is 23.7. The molecule has 0 fully saturated rings. The van der Waals surface area contributed by atoms with E-state index in [2.05, 4.69) is 75.1 Å². The van der Waals surface area contributed by atoms with Gasteiger partial charge in [0.05, 0.1) is 18.0 Å². The minimum Gasteiger partial charge on any atom is -0.370 e. The van der Waals surface area contributed by atoms with E-state index in [1.807, 2.05) is 12.3 Å². The highest BCUT2D eigenvalue weighted by atomic mass is 32.2. The van der Waals surface area contributed by atoms with Crippen LogP contribution in [-0.2, 0) is 28.4 Å². The molecule has 38 heavy (non-hydrogen) atoms. The average Bonchev–Trinajstić information content (AvgIpc) is 2.88. The first-order valence-electron chi connectivity index (χ1n) is 13.1. The van der Waals surface area contributed by atoms with Crippen molar-refractivity contribution in [1.82, 2.24) is 19.3 Å². The van der Waals surface area contributed by atoms with E-state index < -0.39 is 10.0 Å². The van der Waals surface area contributed by atoms with Crippen LogP contribution in [0.3, 0.4) is 0 Å². The topological polar surface area (TPSA) is 94.6 Å². The first-order chi connectivity index (χ1) is 18.0. The summed E-state index contributed by atoms with van der Waals surface area (Å²) in [5, 5.41) is 3.55. The predicted octanol–water partition coefficient (Wildman–Crippen LogP) is 3.87. The van der Waals surface area contributed by atoms with Gasteiger partial charge in [0, 0.05) is 56.9 Å². The summed E-state index contributed by atoms with van der Waals surface area (Å²) in [6, 6.07) is 10.5. The molecule has 2 aromatic heterocycles. The maximum absolute atomic E-state index is 12.5. The molecule has 0 radical (unpaired) electrons. The lowest BCUT2D eigenvalue weighted by molar-refractivity contribution is 0.455. The molecule has 0 spiro atoms. The van der Waals surface area contributed by atoms with Crippen LogP contribution in [0.2, 0.25) is 0 Å². The normalized spacial score (nSPS) is 16.8. The fraction of sp³-hybridized carbons (Fsp3) is 0.464. The van der Waals surface area contributed by atoms with Gasteiger partial charge in [-0.25, -0.2) is 27.7 Å². The van der Waals surface area contributed by atoms with Crippen molar-refractivity contribution in [2.45, 2.75) is 45.6 Å². The highest BCUT2D eigenvalue weighted by Crippen LogP contribution is 2.41. The minimum atomic E-state index is -3.27. The van der Waals surface area contributed by atoms with Crippen LogP contribution in [0.15, 0.2) is 42.9 Å². The summed E-state index contributed by atoms with van der Waals surface area (Å²) in [5.74, 6) is 1.91. The third kappa shape index (κ3) is 5.19. The number of nitrogens with one attached hydrogen (secondary N) is 1. The standard InChI is InChI=1S/C28H37N7O2S/c1-20-7-6-12-29-27(20)35-13-10-22-24(18-35)30-19-31-26(22)32-21-8-9-23-25(17-21)34(14-11-28(23,2)3)15-16-38(36,37)33(4)5/h6-9,12,17,19H,10-11,13-16,18H2,1-5H3,(H,30,31,32). The third-order valence-corrected chi connectivity index (χ3v) is 9.61. The fourth-order valence-corrected chi connectivity index (χ4v) is 6.16. The first-order valence-corrected chi connectivity index (χ1v) is 14.7. The molecular formula is C28H37N7O2S. The Kier molecular flexibility index (Phi) is 7.04. The molecule has 0 amide bonds. The Morgan fingerprint density at radius 2 is 1.92 bits per heavy atom. The van der Waals surface area contributed by atoms with Crippen LogP contribution in [0.1, 0.15) is 42.7 Å². The summed E-state index contributed by atoms with van der Waals surface area (Å²) in [6.07, 6.45) is 5.25. The lowest BCUT2D eigenvalue weighted by Crippen LogP contribution is -2.41. The number of anilines is 4. The zero-order chi connectivity index (χ0) is 27.1. The van der Waals surface area contributed by atoms with E-state index in [1.54, 1.807) is 20.4 Å². The Morgan fingerprint density at radius 1 is 1.11 bits per heavy atom. The quantitative estimate of drug-likeness (QED) is 0.487. The largest absolute Gasteiger partial charge is 0.370 e. The number of rotatable bonds is 7. The Bertz CT molecular complexity index is 1440. The molecule has 0 bridgehead atoms. The van der Waals surface area contributed by atoms with Gasteiger partial charge in [0.15, 0.2) is 0 Å². The maximum atomic E-state index is 12.5. The molecule has 0 atom stereocenters. The van der Waals surface area contributed by atoms with Gasteiger partial charge in [-0.2, -0.15) is 0 Å². The molecule has 0 unspecified atom stereocenters. The van der Waals surface area contributed by atoms with E-state index in [0.29, 0.717) is 13.1 Å². The predicted molar refractivity (Wildman–Crippen MR) is 153 cm³/mol. The molecule has 1 N–H and O–H groups in total. The van der Waals surface area contributed by atoms with Crippen molar-refractivity contribution in [3.63, 3.8) is 0 Å². The highest BCUT2D eigenvalue weighted by Gasteiger charge is 2.32. The maximum Gasteiger partial charge on any atom is 0.215 e. The summed E-state index contributed by atoms with van der Waals surface area (Å²) in [7, 11) is -0.100. The molecule has 5 rings (SSSR count). The van der Waals surface area contributed by atoms with Crippen molar-refractivity contribution < 1.29 is 8.42 Å². The Balaban J connectivity index is 1.40. The van der Waals surface area contributed by atoms with Gasteiger partial charge in [-0.3, -0.25) is 0 Å². The Morgan fingerprint density at radius 3 is 2.68 bits per heavy atom. The lowest BCUT2D eigenvalue weighted by atomic mass is 9.77. The molecule has 0 saturated carbocycles. The second-order valence-corrected chi connectivity index (χ2v) is 13.3. The van der Waals surface area contributed by atoms with E-state index in [0.717, 1.165) is 65.8 Å². The molecule has 10 heteroatoms. The van der Waals surface area contributed by atoms with Crippen molar-refractivity contribution >= 4 is 33.0 Å². The van der Waals surface area contributed by atoms with E-state index in [4.69, 9.17) is 0 Å². The first kappa shape index (κ1) is 26.4. The number of benzene rings is 1. The van der Waals surface area contributed by atoms with Crippen LogP contribution < -0.4 is 15.1 Å². The summed E-state index contributed by atoms with van der Waals surface area (Å²) in [4.78, 5) is 18.3. The van der Waals surface area contributed by atoms with Crippen LogP contribution in [0.25, 0.3) is 0 Å². The van der Waals surface area contributed by atoms with Crippen molar-refractivity contribution in [3.8, 4) is 0 Å². The lowest BCUT2D eigenvalue weighted by Gasteiger charge is -2.40. The van der Waals surface area contributed by atoms with Crippen LogP contribution in [0.5, 0.6) is 0 Å². The number of aromatic nitrogens is 3. The van der Waals surface area contributed by atoms with Crippen molar-refractivity contribution in [2.75, 3.05) is 54.6 Å². The molecule has 0 aliphatic carbocycles. The van der Waals surface area contributed by atoms with Crippen molar-refractivity contribution in [2.24, 2.45) is 0 Å². The average molecular weight is 536 g/mol. The van der Waals surface area contributed by atoms with Gasteiger partial charge in [0.2, 0.25) is 10.0 Å². The highest BCUT2D eigenvalue weighted by molar-refractivity contribution is 7.89. The fourth-order valence-electron chi connectivity index (χ4n) is 5.34. The summed E-state index contributed by atoms with van der Waals surface area (Å²) in [5.41, 5.74) is 6.57. The van der Waals surface area contributed by atoms with Crippen LogP contribution >= 0.6 is 0 Å². The smallest absolute Gasteiger partial charge is 0.215 e. The van der Waals surface area contributed by atoms with Crippen LogP contribution in [-0.4, -0.2) is 67.2 Å². The second kappa shape index (κ2) is 10.1. The molecule has 2 aliphatic rings. The molecular weight excluding hydrogens is 498 g/mol. The molecule has 1 aromatic carbocycles. The van der Waals surface area contributed by atoms with Crippen molar-refractivity contribution in [1.29, 1.82) is 0 Å². The number of aryl methyl sites for hydroxylation is 1. The summed E-state index contributed by atoms with van der Waals surface area (Å²) >= 11 is 0. The molecule has 9 nitrogen and oxygen atoms in total. The zero-order valence-electron chi connectivity index (χ0n) is 22.9. The molecule has 2 aliphatic heterocycles. The van der Waals surface area contributed by atoms with Gasteiger partial charge in [0.1, 0.15) is 18.0 Å². The summed E-state index contributed by atoms with van der Waals surface area (Å²) in [6.45, 7) is 9.40. The number of nitrogens with zero attached hydrogens (tertiary/aromatic N) is 6. The van der Waals surface area contributed by atoms with Gasteiger partial charge in [-0.05, 0) is 54.5 Å². The van der Waals surface area contributed by atoms with Crippen LogP contribution in [0, 0.1) is 6.92 Å². The number of fused-ring (bicyclic) bond motifs is 2. The minimum absolute atomic E-state index is 0.0198. The summed E-state index contributed by atoms with van der Waals surface area (Å²) < 4.78 is 26.2. The number of hydrogen-bond acceptors (Lipinski definition) is 8. The van der Waals surface area contributed by atoms with Crippen LogP contribution in [0.4, 0.5) is 23.0 Å².